The summed E-state index contributed by atoms with van der Waals surface area (Å²) in [6, 6.07) is 3.88. The first-order valence-electron chi connectivity index (χ1n) is 10.2. The first-order valence-corrected chi connectivity index (χ1v) is 10.6. The van der Waals surface area contributed by atoms with Gasteiger partial charge in [-0.05, 0) is 51.8 Å². The molecule has 4 rings (SSSR count). The van der Waals surface area contributed by atoms with E-state index < -0.39 is 0 Å². The Balaban J connectivity index is 1.67. The summed E-state index contributed by atoms with van der Waals surface area (Å²) >= 11 is 6.44. The molecule has 0 aliphatic carbocycles. The van der Waals surface area contributed by atoms with E-state index in [1.54, 1.807) is 17.3 Å². The zero-order valence-electron chi connectivity index (χ0n) is 18.3. The molecule has 1 aliphatic rings. The number of pyridine rings is 2. The number of fused-ring (bicyclic) bond motifs is 1. The molecule has 8 heteroatoms. The molecule has 1 N–H and O–H groups in total. The number of nitrogens with zero attached hydrogens (tertiary/aromatic N) is 5. The predicted molar refractivity (Wildman–Crippen MR) is 123 cm³/mol. The second kappa shape index (κ2) is 7.89. The summed E-state index contributed by atoms with van der Waals surface area (Å²) in [5, 5.41) is 3.74. The van der Waals surface area contributed by atoms with Gasteiger partial charge in [-0.15, -0.1) is 0 Å². The Bertz CT molecular complexity index is 1170. The van der Waals surface area contributed by atoms with Gasteiger partial charge in [-0.2, -0.15) is 0 Å². The van der Waals surface area contributed by atoms with Gasteiger partial charge in [0, 0.05) is 42.7 Å². The van der Waals surface area contributed by atoms with Crippen molar-refractivity contribution in [3.05, 3.63) is 58.1 Å². The van der Waals surface area contributed by atoms with Crippen LogP contribution in [-0.4, -0.2) is 37.9 Å². The number of halogens is 1. The van der Waals surface area contributed by atoms with Gasteiger partial charge >= 0.3 is 0 Å². The number of aromatic nitrogens is 4. The number of anilines is 2. The van der Waals surface area contributed by atoms with Crippen LogP contribution in [0.5, 0.6) is 0 Å². The highest BCUT2D eigenvalue weighted by Gasteiger charge is 2.29. The van der Waals surface area contributed by atoms with Crippen molar-refractivity contribution >= 4 is 29.3 Å². The number of amides is 1. The zero-order valence-corrected chi connectivity index (χ0v) is 19.1. The fourth-order valence-corrected chi connectivity index (χ4v) is 3.81. The lowest BCUT2D eigenvalue weighted by atomic mass is 10.0. The van der Waals surface area contributed by atoms with Gasteiger partial charge in [-0.3, -0.25) is 14.7 Å². The first kappa shape index (κ1) is 21.2. The molecule has 160 valence electrons. The SMILES string of the molecule is Cc1cnc(-c2cc(N3CCc4nc(NC(C)(C)C)ncc4C3=O)ncc2Cl)c(C)c1. The molecule has 0 radical (unpaired) electrons. The van der Waals surface area contributed by atoms with E-state index in [4.69, 9.17) is 11.6 Å². The van der Waals surface area contributed by atoms with Gasteiger partial charge in [0.2, 0.25) is 5.95 Å². The molecule has 3 aromatic rings. The fraction of sp³-hybridized carbons (Fsp3) is 0.348. The summed E-state index contributed by atoms with van der Waals surface area (Å²) in [7, 11) is 0. The summed E-state index contributed by atoms with van der Waals surface area (Å²) in [4.78, 5) is 32.7. The molecular weight excluding hydrogens is 412 g/mol. The Kier molecular flexibility index (Phi) is 5.39. The maximum Gasteiger partial charge on any atom is 0.262 e. The summed E-state index contributed by atoms with van der Waals surface area (Å²) in [6.45, 7) is 10.6. The van der Waals surface area contributed by atoms with Gasteiger partial charge < -0.3 is 5.32 Å². The highest BCUT2D eigenvalue weighted by Crippen LogP contribution is 2.32. The molecule has 0 bridgehead atoms. The van der Waals surface area contributed by atoms with Crippen LogP contribution in [0, 0.1) is 13.8 Å². The smallest absolute Gasteiger partial charge is 0.262 e. The third kappa shape index (κ3) is 4.37. The van der Waals surface area contributed by atoms with Crippen LogP contribution in [0.15, 0.2) is 30.7 Å². The van der Waals surface area contributed by atoms with E-state index in [-0.39, 0.29) is 11.4 Å². The van der Waals surface area contributed by atoms with Crippen molar-refractivity contribution < 1.29 is 4.79 Å². The lowest BCUT2D eigenvalue weighted by molar-refractivity contribution is 0.0978. The lowest BCUT2D eigenvalue weighted by Crippen LogP contribution is -2.39. The van der Waals surface area contributed by atoms with E-state index >= 15 is 0 Å². The Morgan fingerprint density at radius 1 is 1.03 bits per heavy atom. The highest BCUT2D eigenvalue weighted by atomic mass is 35.5. The molecule has 0 atom stereocenters. The minimum absolute atomic E-state index is 0.162. The molecule has 0 saturated heterocycles. The van der Waals surface area contributed by atoms with Gasteiger partial charge in [-0.1, -0.05) is 17.7 Å². The van der Waals surface area contributed by atoms with Crippen molar-refractivity contribution in [3.63, 3.8) is 0 Å². The van der Waals surface area contributed by atoms with Gasteiger partial charge in [0.25, 0.3) is 5.91 Å². The van der Waals surface area contributed by atoms with Crippen molar-refractivity contribution in [1.29, 1.82) is 0 Å². The zero-order chi connectivity index (χ0) is 22.3. The van der Waals surface area contributed by atoms with Crippen LogP contribution >= 0.6 is 11.6 Å². The Labute approximate surface area is 186 Å². The average Bonchev–Trinajstić information content (AvgIpc) is 2.68. The molecule has 0 aromatic carbocycles. The van der Waals surface area contributed by atoms with Crippen LogP contribution in [0.25, 0.3) is 11.3 Å². The van der Waals surface area contributed by atoms with Crippen molar-refractivity contribution in [1.82, 2.24) is 19.9 Å². The second-order valence-corrected chi connectivity index (χ2v) is 9.24. The fourth-order valence-electron chi connectivity index (χ4n) is 3.62. The number of carbonyl (C=O) groups is 1. The maximum atomic E-state index is 13.2. The van der Waals surface area contributed by atoms with Gasteiger partial charge in [0.15, 0.2) is 0 Å². The summed E-state index contributed by atoms with van der Waals surface area (Å²) < 4.78 is 0. The van der Waals surface area contributed by atoms with E-state index in [2.05, 4.69) is 31.3 Å². The van der Waals surface area contributed by atoms with Crippen molar-refractivity contribution in [2.24, 2.45) is 0 Å². The Morgan fingerprint density at radius 2 is 1.81 bits per heavy atom. The Morgan fingerprint density at radius 3 is 2.52 bits per heavy atom. The highest BCUT2D eigenvalue weighted by molar-refractivity contribution is 6.33. The third-order valence-corrected chi connectivity index (χ3v) is 5.29. The number of carbonyl (C=O) groups excluding carboxylic acids is 1. The molecule has 0 saturated carbocycles. The maximum absolute atomic E-state index is 13.2. The van der Waals surface area contributed by atoms with Crippen molar-refractivity contribution in [2.45, 2.75) is 46.6 Å². The largest absolute Gasteiger partial charge is 0.350 e. The number of hydrogen-bond acceptors (Lipinski definition) is 6. The van der Waals surface area contributed by atoms with Gasteiger partial charge in [0.05, 0.1) is 22.0 Å². The summed E-state index contributed by atoms with van der Waals surface area (Å²) in [5.41, 5.74) is 4.71. The molecule has 0 unspecified atom stereocenters. The van der Waals surface area contributed by atoms with Crippen LogP contribution < -0.4 is 10.2 Å². The minimum atomic E-state index is -0.169. The molecule has 4 heterocycles. The second-order valence-electron chi connectivity index (χ2n) is 8.84. The van der Waals surface area contributed by atoms with Crippen LogP contribution in [0.2, 0.25) is 5.02 Å². The van der Waals surface area contributed by atoms with Gasteiger partial charge in [-0.25, -0.2) is 15.0 Å². The van der Waals surface area contributed by atoms with E-state index in [0.29, 0.717) is 35.3 Å². The average molecular weight is 437 g/mol. The monoisotopic (exact) mass is 436 g/mol. The van der Waals surface area contributed by atoms with E-state index in [0.717, 1.165) is 28.1 Å². The number of rotatable bonds is 3. The molecule has 7 nitrogen and oxygen atoms in total. The molecule has 1 aliphatic heterocycles. The van der Waals surface area contributed by atoms with Crippen molar-refractivity contribution in [3.8, 4) is 11.3 Å². The standard InChI is InChI=1S/C23H25ClN6O/c1-13-8-14(2)20(26-10-13)15-9-19(25-12-17(15)24)30-7-6-18-16(21(30)31)11-27-22(28-18)29-23(3,4)5/h8-12H,6-7H2,1-5H3,(H,27,28,29). The lowest BCUT2D eigenvalue weighted by Gasteiger charge is -2.28. The number of hydrogen-bond donors (Lipinski definition) is 1. The van der Waals surface area contributed by atoms with Crippen LogP contribution in [-0.2, 0) is 6.42 Å². The topological polar surface area (TPSA) is 83.9 Å². The summed E-state index contributed by atoms with van der Waals surface area (Å²) in [5.74, 6) is 0.895. The molecule has 1 amide bonds. The minimum Gasteiger partial charge on any atom is -0.350 e. The molecule has 3 aromatic heterocycles. The first-order chi connectivity index (χ1) is 14.6. The van der Waals surface area contributed by atoms with E-state index in [1.807, 2.05) is 46.9 Å². The van der Waals surface area contributed by atoms with Crippen LogP contribution in [0.1, 0.15) is 48.0 Å². The van der Waals surface area contributed by atoms with Gasteiger partial charge in [0.1, 0.15) is 5.82 Å². The third-order valence-electron chi connectivity index (χ3n) is 4.99. The molecule has 31 heavy (non-hydrogen) atoms. The van der Waals surface area contributed by atoms with Crippen LogP contribution in [0.3, 0.4) is 0 Å². The number of nitrogens with one attached hydrogen (secondary N) is 1. The normalized spacial score (nSPS) is 13.9. The predicted octanol–water partition coefficient (Wildman–Crippen LogP) is 4.62. The number of aryl methyl sites for hydroxylation is 2. The molecular formula is C23H25ClN6O. The van der Waals surface area contributed by atoms with E-state index in [1.165, 1.54) is 0 Å². The van der Waals surface area contributed by atoms with E-state index in [9.17, 15) is 4.79 Å². The quantitative estimate of drug-likeness (QED) is 0.645. The molecule has 0 spiro atoms. The Hall–Kier alpha value is -3.06. The summed E-state index contributed by atoms with van der Waals surface area (Å²) in [6.07, 6.45) is 5.59. The van der Waals surface area contributed by atoms with Crippen molar-refractivity contribution in [2.75, 3.05) is 16.8 Å². The molecule has 0 fully saturated rings. The van der Waals surface area contributed by atoms with Crippen LogP contribution in [0.4, 0.5) is 11.8 Å².